The van der Waals surface area contributed by atoms with Crippen LogP contribution >= 0.6 is 0 Å². The van der Waals surface area contributed by atoms with Crippen LogP contribution in [0.5, 0.6) is 0 Å². The molecule has 3 N–H and O–H groups in total. The van der Waals surface area contributed by atoms with Crippen molar-refractivity contribution < 1.29 is 4.79 Å². The molecule has 0 saturated heterocycles. The fourth-order valence-corrected chi connectivity index (χ4v) is 3.74. The topological polar surface area (TPSA) is 102 Å². The molecule has 3 atom stereocenters. The number of primary amides is 1. The van der Waals surface area contributed by atoms with E-state index in [0.29, 0.717) is 5.92 Å². The fraction of sp³-hybridized carbons (Fsp3) is 0.467. The third-order valence-electron chi connectivity index (χ3n) is 4.92. The first-order valence-corrected chi connectivity index (χ1v) is 7.65. The first-order chi connectivity index (χ1) is 10.7. The quantitative estimate of drug-likeness (QED) is 0.769. The lowest BCUT2D eigenvalue weighted by atomic mass is 10.00. The SMILES string of the molecule is CC[C@@H]1C[C@H](C(N)=O)C[C@@H]1n1nnc2cnc3[nH]ccc3c21. The maximum atomic E-state index is 11.6. The van der Waals surface area contributed by atoms with Crippen LogP contribution in [0.25, 0.3) is 22.1 Å². The van der Waals surface area contributed by atoms with Crippen LogP contribution < -0.4 is 5.73 Å². The molecule has 1 aliphatic carbocycles. The molecule has 114 valence electrons. The number of aromatic amines is 1. The molecule has 0 unspecified atom stereocenters. The zero-order valence-electron chi connectivity index (χ0n) is 12.4. The third kappa shape index (κ3) is 1.81. The monoisotopic (exact) mass is 298 g/mol. The Kier molecular flexibility index (Phi) is 2.88. The Bertz CT molecular complexity index is 850. The molecule has 3 aromatic heterocycles. The lowest BCUT2D eigenvalue weighted by Crippen LogP contribution is -2.21. The highest BCUT2D eigenvalue weighted by atomic mass is 16.1. The summed E-state index contributed by atoms with van der Waals surface area (Å²) in [4.78, 5) is 19.0. The number of aromatic nitrogens is 5. The van der Waals surface area contributed by atoms with E-state index in [1.807, 2.05) is 16.9 Å². The number of fused-ring (bicyclic) bond motifs is 3. The Morgan fingerprint density at radius 3 is 3.14 bits per heavy atom. The van der Waals surface area contributed by atoms with Crippen molar-refractivity contribution in [2.75, 3.05) is 0 Å². The van der Waals surface area contributed by atoms with Crippen LogP contribution in [-0.2, 0) is 4.79 Å². The van der Waals surface area contributed by atoms with Crippen molar-refractivity contribution in [3.63, 3.8) is 0 Å². The Morgan fingerprint density at radius 2 is 2.36 bits per heavy atom. The van der Waals surface area contributed by atoms with Gasteiger partial charge in [0.25, 0.3) is 0 Å². The number of hydrogen-bond donors (Lipinski definition) is 2. The van der Waals surface area contributed by atoms with E-state index in [4.69, 9.17) is 5.73 Å². The van der Waals surface area contributed by atoms with Gasteiger partial charge in [-0.15, -0.1) is 5.10 Å². The van der Waals surface area contributed by atoms with Crippen LogP contribution in [0.3, 0.4) is 0 Å². The third-order valence-corrected chi connectivity index (χ3v) is 4.92. The zero-order valence-corrected chi connectivity index (χ0v) is 12.4. The summed E-state index contributed by atoms with van der Waals surface area (Å²) in [5, 5.41) is 9.63. The van der Waals surface area contributed by atoms with Gasteiger partial charge in [0.2, 0.25) is 5.91 Å². The van der Waals surface area contributed by atoms with Gasteiger partial charge in [-0.25, -0.2) is 9.67 Å². The van der Waals surface area contributed by atoms with Crippen molar-refractivity contribution in [3.8, 4) is 0 Å². The van der Waals surface area contributed by atoms with E-state index in [0.717, 1.165) is 41.3 Å². The van der Waals surface area contributed by atoms with Crippen molar-refractivity contribution >= 4 is 28.0 Å². The highest BCUT2D eigenvalue weighted by molar-refractivity contribution is 6.00. The Labute approximate surface area is 126 Å². The lowest BCUT2D eigenvalue weighted by molar-refractivity contribution is -0.121. The van der Waals surface area contributed by atoms with Crippen LogP contribution in [0.2, 0.25) is 0 Å². The maximum absolute atomic E-state index is 11.6. The zero-order chi connectivity index (χ0) is 15.3. The molecule has 22 heavy (non-hydrogen) atoms. The highest BCUT2D eigenvalue weighted by Crippen LogP contribution is 2.42. The molecule has 0 spiro atoms. The smallest absolute Gasteiger partial charge is 0.220 e. The van der Waals surface area contributed by atoms with Gasteiger partial charge in [0, 0.05) is 17.5 Å². The number of H-pyrrole nitrogens is 1. The van der Waals surface area contributed by atoms with Gasteiger partial charge in [-0.2, -0.15) is 0 Å². The summed E-state index contributed by atoms with van der Waals surface area (Å²) in [5.41, 5.74) is 8.11. The number of carbonyl (C=O) groups excluding carboxylic acids is 1. The van der Waals surface area contributed by atoms with Crippen LogP contribution in [0.4, 0.5) is 0 Å². The second-order valence-electron chi connectivity index (χ2n) is 6.07. The summed E-state index contributed by atoms with van der Waals surface area (Å²) in [6.07, 6.45) is 6.17. The van der Waals surface area contributed by atoms with Gasteiger partial charge in [-0.05, 0) is 24.8 Å². The molecule has 1 saturated carbocycles. The first kappa shape index (κ1) is 13.2. The predicted octanol–water partition coefficient (Wildman–Crippen LogP) is 1.77. The molecular weight excluding hydrogens is 280 g/mol. The minimum Gasteiger partial charge on any atom is -0.369 e. The van der Waals surface area contributed by atoms with E-state index in [2.05, 4.69) is 27.2 Å². The van der Waals surface area contributed by atoms with Crippen LogP contribution in [0.15, 0.2) is 18.5 Å². The first-order valence-electron chi connectivity index (χ1n) is 7.65. The number of rotatable bonds is 3. The number of hydrogen-bond acceptors (Lipinski definition) is 4. The van der Waals surface area contributed by atoms with Gasteiger partial charge in [0.15, 0.2) is 0 Å². The number of pyridine rings is 1. The number of nitrogens with zero attached hydrogens (tertiary/aromatic N) is 4. The number of nitrogens with two attached hydrogens (primary N) is 1. The summed E-state index contributed by atoms with van der Waals surface area (Å²) >= 11 is 0. The van der Waals surface area contributed by atoms with Crippen LogP contribution in [0.1, 0.15) is 32.2 Å². The average Bonchev–Trinajstić information content (AvgIpc) is 3.22. The Morgan fingerprint density at radius 1 is 1.50 bits per heavy atom. The van der Waals surface area contributed by atoms with Gasteiger partial charge < -0.3 is 10.7 Å². The molecule has 4 rings (SSSR count). The van der Waals surface area contributed by atoms with Gasteiger partial charge in [-0.3, -0.25) is 4.79 Å². The number of nitrogens with one attached hydrogen (secondary N) is 1. The van der Waals surface area contributed by atoms with E-state index < -0.39 is 0 Å². The minimum atomic E-state index is -0.209. The summed E-state index contributed by atoms with van der Waals surface area (Å²) in [7, 11) is 0. The number of carbonyl (C=O) groups is 1. The van der Waals surface area contributed by atoms with Gasteiger partial charge in [-0.1, -0.05) is 18.6 Å². The maximum Gasteiger partial charge on any atom is 0.220 e. The van der Waals surface area contributed by atoms with E-state index in [1.165, 1.54) is 0 Å². The number of amides is 1. The molecule has 1 aliphatic rings. The fourth-order valence-electron chi connectivity index (χ4n) is 3.74. The molecule has 0 aliphatic heterocycles. The van der Waals surface area contributed by atoms with E-state index in [-0.39, 0.29) is 17.9 Å². The highest BCUT2D eigenvalue weighted by Gasteiger charge is 2.38. The molecule has 3 heterocycles. The molecule has 0 aromatic carbocycles. The minimum absolute atomic E-state index is 0.0715. The summed E-state index contributed by atoms with van der Waals surface area (Å²) in [6, 6.07) is 2.15. The Balaban J connectivity index is 1.86. The van der Waals surface area contributed by atoms with Gasteiger partial charge in [0.1, 0.15) is 16.7 Å². The summed E-state index contributed by atoms with van der Waals surface area (Å²) in [6.45, 7) is 2.15. The van der Waals surface area contributed by atoms with Crippen molar-refractivity contribution in [1.82, 2.24) is 25.0 Å². The van der Waals surface area contributed by atoms with Crippen molar-refractivity contribution in [3.05, 3.63) is 18.5 Å². The van der Waals surface area contributed by atoms with E-state index in [1.54, 1.807) is 6.20 Å². The standard InChI is InChI=1S/C15H18N6O/c1-2-8-5-9(14(16)22)6-12(8)21-13-10-3-4-17-15(10)18-7-11(13)19-20-21/h3-4,7-9,12H,2,5-6H2,1H3,(H2,16,22)(H,17,18)/t8-,9+,12+/m1/s1. The second-order valence-corrected chi connectivity index (χ2v) is 6.07. The summed E-state index contributed by atoms with van der Waals surface area (Å²) < 4.78 is 1.98. The molecule has 0 radical (unpaired) electrons. The van der Waals surface area contributed by atoms with Crippen molar-refractivity contribution in [2.24, 2.45) is 17.6 Å². The summed E-state index contributed by atoms with van der Waals surface area (Å²) in [5.74, 6) is 0.112. The van der Waals surface area contributed by atoms with Crippen LogP contribution in [0, 0.1) is 11.8 Å². The average molecular weight is 298 g/mol. The van der Waals surface area contributed by atoms with E-state index in [9.17, 15) is 4.79 Å². The van der Waals surface area contributed by atoms with Crippen molar-refractivity contribution in [2.45, 2.75) is 32.2 Å². The molecule has 7 nitrogen and oxygen atoms in total. The predicted molar refractivity (Wildman–Crippen MR) is 81.9 cm³/mol. The van der Waals surface area contributed by atoms with Gasteiger partial charge >= 0.3 is 0 Å². The molecular formula is C15H18N6O. The molecule has 3 aromatic rings. The normalized spacial score (nSPS) is 25.2. The molecule has 7 heteroatoms. The van der Waals surface area contributed by atoms with Crippen molar-refractivity contribution in [1.29, 1.82) is 0 Å². The molecule has 1 fully saturated rings. The second kappa shape index (κ2) is 4.79. The largest absolute Gasteiger partial charge is 0.369 e. The van der Waals surface area contributed by atoms with E-state index >= 15 is 0 Å². The lowest BCUT2D eigenvalue weighted by Gasteiger charge is -2.18. The molecule has 1 amide bonds. The Hall–Kier alpha value is -2.44. The van der Waals surface area contributed by atoms with Gasteiger partial charge in [0.05, 0.1) is 12.2 Å². The van der Waals surface area contributed by atoms with Crippen LogP contribution in [-0.4, -0.2) is 30.9 Å². The molecule has 0 bridgehead atoms.